The third kappa shape index (κ3) is 3.31. The molecule has 0 aliphatic carbocycles. The molecule has 1 aliphatic heterocycles. The second kappa shape index (κ2) is 7.50. The van der Waals surface area contributed by atoms with Gasteiger partial charge in [0.25, 0.3) is 0 Å². The SMILES string of the molecule is O=c1c(OC2OC(CO)C(O)C2O)c(-c2ccc(O)cc2)oc2cc(O)cc(O)c12. The fourth-order valence-corrected chi connectivity index (χ4v) is 3.26. The van der Waals surface area contributed by atoms with Crippen LogP contribution >= 0.6 is 0 Å². The van der Waals surface area contributed by atoms with Crippen molar-refractivity contribution in [2.24, 2.45) is 0 Å². The molecule has 1 fully saturated rings. The van der Waals surface area contributed by atoms with E-state index in [2.05, 4.69) is 0 Å². The molecule has 0 spiro atoms. The standard InChI is InChI=1S/C20H18O10/c21-7-13-15(25)17(27)20(29-13)30-19-16(26)14-11(24)5-10(23)6-12(14)28-18(19)8-1-3-9(22)4-2-8/h1-6,13,15,17,20-25,27H,7H2. The van der Waals surface area contributed by atoms with E-state index in [0.29, 0.717) is 5.56 Å². The zero-order valence-corrected chi connectivity index (χ0v) is 15.3. The van der Waals surface area contributed by atoms with Crippen molar-refractivity contribution in [2.75, 3.05) is 6.61 Å². The van der Waals surface area contributed by atoms with E-state index in [1.165, 1.54) is 24.3 Å². The molecule has 3 aromatic rings. The highest BCUT2D eigenvalue weighted by atomic mass is 16.7. The van der Waals surface area contributed by atoms with E-state index >= 15 is 0 Å². The van der Waals surface area contributed by atoms with Gasteiger partial charge in [0.05, 0.1) is 6.61 Å². The van der Waals surface area contributed by atoms with Crippen LogP contribution in [0.15, 0.2) is 45.6 Å². The largest absolute Gasteiger partial charge is 0.508 e. The van der Waals surface area contributed by atoms with Gasteiger partial charge in [0.15, 0.2) is 5.76 Å². The lowest BCUT2D eigenvalue weighted by Crippen LogP contribution is -2.36. The van der Waals surface area contributed by atoms with E-state index in [-0.39, 0.29) is 28.2 Å². The molecule has 4 unspecified atom stereocenters. The molecule has 4 atom stereocenters. The second-order valence-corrected chi connectivity index (χ2v) is 6.80. The molecule has 0 saturated carbocycles. The predicted molar refractivity (Wildman–Crippen MR) is 101 cm³/mol. The van der Waals surface area contributed by atoms with E-state index in [9.17, 15) is 35.4 Å². The van der Waals surface area contributed by atoms with Crippen LogP contribution in [0.3, 0.4) is 0 Å². The van der Waals surface area contributed by atoms with Crippen molar-refractivity contribution in [3.05, 3.63) is 46.6 Å². The van der Waals surface area contributed by atoms with Gasteiger partial charge in [-0.2, -0.15) is 0 Å². The summed E-state index contributed by atoms with van der Waals surface area (Å²) in [6.45, 7) is -0.588. The van der Waals surface area contributed by atoms with Gasteiger partial charge >= 0.3 is 0 Å². The first kappa shape index (κ1) is 20.0. The molecule has 0 radical (unpaired) electrons. The van der Waals surface area contributed by atoms with E-state index in [4.69, 9.17) is 13.9 Å². The Morgan fingerprint density at radius 3 is 2.30 bits per heavy atom. The first-order valence-electron chi connectivity index (χ1n) is 8.91. The Morgan fingerprint density at radius 1 is 0.967 bits per heavy atom. The van der Waals surface area contributed by atoms with Crippen LogP contribution in [0.25, 0.3) is 22.3 Å². The molecule has 0 amide bonds. The first-order valence-corrected chi connectivity index (χ1v) is 8.91. The van der Waals surface area contributed by atoms with E-state index in [0.717, 1.165) is 12.1 Å². The van der Waals surface area contributed by atoms with Gasteiger partial charge in [-0.05, 0) is 24.3 Å². The summed E-state index contributed by atoms with van der Waals surface area (Å²) in [6, 6.07) is 7.65. The molecule has 1 saturated heterocycles. The summed E-state index contributed by atoms with van der Waals surface area (Å²) in [5.74, 6) is -1.50. The molecule has 10 heteroatoms. The molecule has 30 heavy (non-hydrogen) atoms. The monoisotopic (exact) mass is 418 g/mol. The molecule has 1 aliphatic rings. The van der Waals surface area contributed by atoms with E-state index in [1.54, 1.807) is 0 Å². The molecule has 10 nitrogen and oxygen atoms in total. The van der Waals surface area contributed by atoms with Crippen LogP contribution in [0.5, 0.6) is 23.0 Å². The summed E-state index contributed by atoms with van der Waals surface area (Å²) in [7, 11) is 0. The van der Waals surface area contributed by atoms with Crippen molar-refractivity contribution >= 4 is 11.0 Å². The van der Waals surface area contributed by atoms with Gasteiger partial charge < -0.3 is 44.5 Å². The number of rotatable bonds is 4. The minimum Gasteiger partial charge on any atom is -0.508 e. The number of fused-ring (bicyclic) bond motifs is 1. The Morgan fingerprint density at radius 2 is 1.67 bits per heavy atom. The summed E-state index contributed by atoms with van der Waals surface area (Å²) >= 11 is 0. The summed E-state index contributed by atoms with van der Waals surface area (Å²) in [4.78, 5) is 13.1. The molecule has 4 rings (SSSR count). The number of phenolic OH excluding ortho intramolecular Hbond substituents is 3. The summed E-state index contributed by atoms with van der Waals surface area (Å²) in [5, 5.41) is 58.4. The van der Waals surface area contributed by atoms with Gasteiger partial charge in [-0.15, -0.1) is 0 Å². The van der Waals surface area contributed by atoms with E-state index in [1.807, 2.05) is 0 Å². The van der Waals surface area contributed by atoms with Gasteiger partial charge in [0.2, 0.25) is 17.5 Å². The lowest BCUT2D eigenvalue weighted by Gasteiger charge is -2.18. The van der Waals surface area contributed by atoms with Crippen molar-refractivity contribution in [1.29, 1.82) is 0 Å². The zero-order valence-electron chi connectivity index (χ0n) is 15.3. The van der Waals surface area contributed by atoms with Gasteiger partial charge in [-0.3, -0.25) is 4.79 Å². The topological polar surface area (TPSA) is 170 Å². The molecule has 158 valence electrons. The summed E-state index contributed by atoms with van der Waals surface area (Å²) in [6.07, 6.45) is -5.65. The van der Waals surface area contributed by atoms with Crippen LogP contribution in [-0.4, -0.2) is 61.8 Å². The second-order valence-electron chi connectivity index (χ2n) is 6.80. The lowest BCUT2D eigenvalue weighted by molar-refractivity contribution is -0.117. The number of aliphatic hydroxyl groups is 3. The van der Waals surface area contributed by atoms with Gasteiger partial charge in [-0.25, -0.2) is 0 Å². The van der Waals surface area contributed by atoms with Crippen molar-refractivity contribution in [2.45, 2.75) is 24.6 Å². The third-order valence-corrected chi connectivity index (χ3v) is 4.78. The van der Waals surface area contributed by atoms with Crippen LogP contribution in [0.1, 0.15) is 0 Å². The Bertz CT molecular complexity index is 1140. The van der Waals surface area contributed by atoms with Crippen molar-refractivity contribution < 1.29 is 44.5 Å². The third-order valence-electron chi connectivity index (χ3n) is 4.78. The number of ether oxygens (including phenoxy) is 2. The molecule has 0 bridgehead atoms. The van der Waals surface area contributed by atoms with Crippen LogP contribution in [0, 0.1) is 0 Å². The Labute approximate surface area is 168 Å². The average Bonchev–Trinajstić information content (AvgIpc) is 2.97. The van der Waals surface area contributed by atoms with Gasteiger partial charge in [0.1, 0.15) is 46.5 Å². The number of hydrogen-bond donors (Lipinski definition) is 6. The normalized spacial score (nSPS) is 23.7. The van der Waals surface area contributed by atoms with Crippen molar-refractivity contribution in [1.82, 2.24) is 0 Å². The van der Waals surface area contributed by atoms with Crippen molar-refractivity contribution in [3.63, 3.8) is 0 Å². The maximum Gasteiger partial charge on any atom is 0.239 e. The molecule has 1 aromatic heterocycles. The maximum absolute atomic E-state index is 13.1. The maximum atomic E-state index is 13.1. The van der Waals surface area contributed by atoms with E-state index < -0.39 is 48.1 Å². The summed E-state index contributed by atoms with van der Waals surface area (Å²) in [5.41, 5.74) is -0.653. The van der Waals surface area contributed by atoms with Crippen LogP contribution in [0.4, 0.5) is 0 Å². The molecule has 2 heterocycles. The highest BCUT2D eigenvalue weighted by molar-refractivity contribution is 5.88. The zero-order chi connectivity index (χ0) is 21.6. The molecule has 6 N–H and O–H groups in total. The minimum atomic E-state index is -1.57. The highest BCUT2D eigenvalue weighted by Crippen LogP contribution is 2.37. The minimum absolute atomic E-state index is 0.0388. The van der Waals surface area contributed by atoms with Gasteiger partial charge in [-0.1, -0.05) is 0 Å². The predicted octanol–water partition coefficient (Wildman–Crippen LogP) is 0.395. The molecule has 2 aromatic carbocycles. The van der Waals surface area contributed by atoms with Crippen LogP contribution in [-0.2, 0) is 4.74 Å². The fraction of sp³-hybridized carbons (Fsp3) is 0.250. The molecular formula is C20H18O10. The first-order chi connectivity index (χ1) is 14.3. The highest BCUT2D eigenvalue weighted by Gasteiger charge is 2.44. The van der Waals surface area contributed by atoms with Crippen LogP contribution in [0.2, 0.25) is 0 Å². The smallest absolute Gasteiger partial charge is 0.239 e. The number of phenols is 3. The van der Waals surface area contributed by atoms with Crippen molar-refractivity contribution in [3.8, 4) is 34.3 Å². The average molecular weight is 418 g/mol. The Balaban J connectivity index is 1.90. The fourth-order valence-electron chi connectivity index (χ4n) is 3.26. The lowest BCUT2D eigenvalue weighted by atomic mass is 10.1. The quantitative estimate of drug-likeness (QED) is 0.348. The number of benzene rings is 2. The Kier molecular flexibility index (Phi) is 5.00. The molecular weight excluding hydrogens is 400 g/mol. The number of aliphatic hydroxyl groups excluding tert-OH is 3. The summed E-state index contributed by atoms with van der Waals surface area (Å²) < 4.78 is 16.5. The Hall–Kier alpha value is -3.31. The number of aromatic hydroxyl groups is 3. The van der Waals surface area contributed by atoms with Crippen LogP contribution < -0.4 is 10.2 Å². The number of hydrogen-bond acceptors (Lipinski definition) is 10. The van der Waals surface area contributed by atoms with Gasteiger partial charge in [0, 0.05) is 17.7 Å².